The standard InChI is InChI=1S/C17H17N3O2S2/c18-24(21,22)16-12-20-17(23-16)19-11-15(13-7-3-1-4-8-13)14-9-5-2-6-10-14/h1-10,12,15H,11H2,(H,19,20)(H2,18,21,22). The fourth-order valence-electron chi connectivity index (χ4n) is 2.46. The van der Waals surface area contributed by atoms with Crippen LogP contribution in [0.25, 0.3) is 0 Å². The highest BCUT2D eigenvalue weighted by Crippen LogP contribution is 2.27. The fourth-order valence-corrected chi connectivity index (χ4v) is 3.92. The van der Waals surface area contributed by atoms with Crippen molar-refractivity contribution in [1.82, 2.24) is 4.98 Å². The molecule has 0 saturated carbocycles. The van der Waals surface area contributed by atoms with Crippen molar-refractivity contribution in [3.8, 4) is 0 Å². The van der Waals surface area contributed by atoms with Crippen LogP contribution in [-0.4, -0.2) is 19.9 Å². The van der Waals surface area contributed by atoms with Crippen LogP contribution in [-0.2, 0) is 10.0 Å². The minimum absolute atomic E-state index is 0.0565. The van der Waals surface area contributed by atoms with E-state index < -0.39 is 10.0 Å². The third kappa shape index (κ3) is 4.00. The van der Waals surface area contributed by atoms with Gasteiger partial charge in [-0.2, -0.15) is 0 Å². The molecule has 1 aromatic heterocycles. The Labute approximate surface area is 145 Å². The number of aromatic nitrogens is 1. The van der Waals surface area contributed by atoms with Gasteiger partial charge in [0.25, 0.3) is 0 Å². The molecule has 2 aromatic carbocycles. The summed E-state index contributed by atoms with van der Waals surface area (Å²) in [7, 11) is -3.71. The molecule has 0 amide bonds. The zero-order valence-corrected chi connectivity index (χ0v) is 14.4. The van der Waals surface area contributed by atoms with E-state index in [1.54, 1.807) is 0 Å². The van der Waals surface area contributed by atoms with E-state index in [1.807, 2.05) is 36.4 Å². The van der Waals surface area contributed by atoms with Crippen LogP contribution in [0.4, 0.5) is 5.13 Å². The smallest absolute Gasteiger partial charge is 0.249 e. The van der Waals surface area contributed by atoms with Gasteiger partial charge in [-0.15, -0.1) is 0 Å². The van der Waals surface area contributed by atoms with Gasteiger partial charge in [0.2, 0.25) is 10.0 Å². The lowest BCUT2D eigenvalue weighted by Gasteiger charge is -2.18. The Bertz CT molecular complexity index is 854. The van der Waals surface area contributed by atoms with Crippen molar-refractivity contribution in [1.29, 1.82) is 0 Å². The van der Waals surface area contributed by atoms with Crippen molar-refractivity contribution in [3.05, 3.63) is 78.0 Å². The van der Waals surface area contributed by atoms with Crippen LogP contribution in [0.5, 0.6) is 0 Å². The molecule has 0 saturated heterocycles. The van der Waals surface area contributed by atoms with Crippen molar-refractivity contribution < 1.29 is 8.42 Å². The minimum atomic E-state index is -3.71. The molecule has 3 N–H and O–H groups in total. The van der Waals surface area contributed by atoms with Crippen molar-refractivity contribution >= 4 is 26.5 Å². The van der Waals surface area contributed by atoms with Crippen LogP contribution >= 0.6 is 11.3 Å². The predicted octanol–water partition coefficient (Wildman–Crippen LogP) is 3.03. The molecule has 0 spiro atoms. The maximum atomic E-state index is 11.3. The van der Waals surface area contributed by atoms with Gasteiger partial charge in [-0.25, -0.2) is 18.5 Å². The summed E-state index contributed by atoms with van der Waals surface area (Å²) >= 11 is 1.04. The molecule has 0 aliphatic heterocycles. The Morgan fingerprint density at radius 3 is 2.00 bits per heavy atom. The van der Waals surface area contributed by atoms with Gasteiger partial charge in [0, 0.05) is 12.5 Å². The number of anilines is 1. The first kappa shape index (κ1) is 16.6. The van der Waals surface area contributed by atoms with E-state index >= 15 is 0 Å². The summed E-state index contributed by atoms with van der Waals surface area (Å²) in [5, 5.41) is 8.88. The summed E-state index contributed by atoms with van der Waals surface area (Å²) < 4.78 is 22.8. The molecule has 1 heterocycles. The third-order valence-electron chi connectivity index (χ3n) is 3.63. The molecule has 0 radical (unpaired) electrons. The molecule has 0 atom stereocenters. The van der Waals surface area contributed by atoms with Crippen LogP contribution in [0.1, 0.15) is 17.0 Å². The van der Waals surface area contributed by atoms with Crippen LogP contribution in [0, 0.1) is 0 Å². The average molecular weight is 359 g/mol. The van der Waals surface area contributed by atoms with Gasteiger partial charge in [-0.05, 0) is 11.1 Å². The second kappa shape index (κ2) is 7.12. The zero-order valence-electron chi connectivity index (χ0n) is 12.8. The van der Waals surface area contributed by atoms with Gasteiger partial charge >= 0.3 is 0 Å². The molecular weight excluding hydrogens is 342 g/mol. The molecule has 0 bridgehead atoms. The predicted molar refractivity (Wildman–Crippen MR) is 96.7 cm³/mol. The molecule has 24 heavy (non-hydrogen) atoms. The van der Waals surface area contributed by atoms with E-state index in [1.165, 1.54) is 17.3 Å². The Kier molecular flexibility index (Phi) is 4.94. The Morgan fingerprint density at radius 2 is 1.54 bits per heavy atom. The number of sulfonamides is 1. The number of thiazole rings is 1. The number of rotatable bonds is 6. The van der Waals surface area contributed by atoms with Crippen molar-refractivity contribution in [2.24, 2.45) is 5.14 Å². The van der Waals surface area contributed by atoms with Crippen LogP contribution < -0.4 is 10.5 Å². The first-order chi connectivity index (χ1) is 11.5. The van der Waals surface area contributed by atoms with E-state index in [-0.39, 0.29) is 10.1 Å². The molecule has 124 valence electrons. The first-order valence-corrected chi connectivity index (χ1v) is 9.73. The van der Waals surface area contributed by atoms with Gasteiger partial charge < -0.3 is 5.32 Å². The van der Waals surface area contributed by atoms with Gasteiger partial charge in [0.15, 0.2) is 9.34 Å². The molecule has 0 fully saturated rings. The molecule has 0 unspecified atom stereocenters. The Balaban J connectivity index is 1.82. The summed E-state index contributed by atoms with van der Waals surface area (Å²) in [5.41, 5.74) is 2.36. The number of nitrogens with zero attached hydrogens (tertiary/aromatic N) is 1. The second-order valence-corrected chi connectivity index (χ2v) is 8.10. The highest BCUT2D eigenvalue weighted by atomic mass is 32.2. The first-order valence-electron chi connectivity index (χ1n) is 7.36. The van der Waals surface area contributed by atoms with Gasteiger partial charge in [0.05, 0.1) is 6.20 Å². The highest BCUT2D eigenvalue weighted by molar-refractivity contribution is 7.91. The number of nitrogens with two attached hydrogens (primary N) is 1. The fraction of sp³-hybridized carbons (Fsp3) is 0.118. The average Bonchev–Trinajstić information content (AvgIpc) is 3.06. The molecule has 3 aromatic rings. The van der Waals surface area contributed by atoms with Crippen LogP contribution in [0.2, 0.25) is 0 Å². The Morgan fingerprint density at radius 1 is 1.00 bits per heavy atom. The third-order valence-corrected chi connectivity index (χ3v) is 5.99. The lowest BCUT2D eigenvalue weighted by Crippen LogP contribution is -2.14. The SMILES string of the molecule is NS(=O)(=O)c1cnc(NCC(c2ccccc2)c2ccccc2)s1. The monoisotopic (exact) mass is 359 g/mol. The molecule has 0 aliphatic rings. The molecule has 5 nitrogen and oxygen atoms in total. The normalized spacial score (nSPS) is 11.6. The molecular formula is C17H17N3O2S2. The summed E-state index contributed by atoms with van der Waals surface area (Å²) in [6, 6.07) is 20.3. The molecule has 0 aliphatic carbocycles. The number of benzene rings is 2. The number of hydrogen-bond acceptors (Lipinski definition) is 5. The maximum Gasteiger partial charge on any atom is 0.249 e. The van der Waals surface area contributed by atoms with E-state index in [9.17, 15) is 8.42 Å². The van der Waals surface area contributed by atoms with Gasteiger partial charge in [0.1, 0.15) is 0 Å². The molecule has 3 rings (SSSR count). The second-order valence-electron chi connectivity index (χ2n) is 5.28. The zero-order chi connectivity index (χ0) is 17.0. The lowest BCUT2D eigenvalue weighted by atomic mass is 9.91. The van der Waals surface area contributed by atoms with E-state index in [0.29, 0.717) is 11.7 Å². The van der Waals surface area contributed by atoms with Crippen molar-refractivity contribution in [2.75, 3.05) is 11.9 Å². The van der Waals surface area contributed by atoms with Gasteiger partial charge in [-0.1, -0.05) is 72.0 Å². The van der Waals surface area contributed by atoms with Crippen molar-refractivity contribution in [3.63, 3.8) is 0 Å². The summed E-state index contributed by atoms with van der Waals surface area (Å²) in [6.07, 6.45) is 1.28. The van der Waals surface area contributed by atoms with E-state index in [2.05, 4.69) is 34.6 Å². The number of nitrogens with one attached hydrogen (secondary N) is 1. The lowest BCUT2D eigenvalue weighted by molar-refractivity contribution is 0.599. The minimum Gasteiger partial charge on any atom is -0.361 e. The molecule has 7 heteroatoms. The topological polar surface area (TPSA) is 85.1 Å². The highest BCUT2D eigenvalue weighted by Gasteiger charge is 2.16. The number of primary sulfonamides is 1. The van der Waals surface area contributed by atoms with Crippen molar-refractivity contribution in [2.45, 2.75) is 10.1 Å². The largest absolute Gasteiger partial charge is 0.361 e. The van der Waals surface area contributed by atoms with E-state index in [4.69, 9.17) is 5.14 Å². The quantitative estimate of drug-likeness (QED) is 0.708. The number of hydrogen-bond donors (Lipinski definition) is 2. The summed E-state index contributed by atoms with van der Waals surface area (Å²) in [6.45, 7) is 0.603. The van der Waals surface area contributed by atoms with Crippen LogP contribution in [0.3, 0.4) is 0 Å². The maximum absolute atomic E-state index is 11.3. The van der Waals surface area contributed by atoms with E-state index in [0.717, 1.165) is 11.3 Å². The summed E-state index contributed by atoms with van der Waals surface area (Å²) in [4.78, 5) is 4.09. The summed E-state index contributed by atoms with van der Waals surface area (Å²) in [5.74, 6) is 0.134. The van der Waals surface area contributed by atoms with Crippen LogP contribution in [0.15, 0.2) is 71.1 Å². The Hall–Kier alpha value is -2.22. The van der Waals surface area contributed by atoms with Gasteiger partial charge in [-0.3, -0.25) is 0 Å².